The Labute approximate surface area is 130 Å². The lowest BCUT2D eigenvalue weighted by Gasteiger charge is -2.23. The number of ether oxygens (including phenoxy) is 1. The summed E-state index contributed by atoms with van der Waals surface area (Å²) >= 11 is 1.42. The van der Waals surface area contributed by atoms with Gasteiger partial charge in [0.1, 0.15) is 0 Å². The van der Waals surface area contributed by atoms with Crippen molar-refractivity contribution in [2.24, 2.45) is 0 Å². The van der Waals surface area contributed by atoms with Gasteiger partial charge in [-0.25, -0.2) is 9.78 Å². The van der Waals surface area contributed by atoms with Crippen LogP contribution in [0, 0.1) is 0 Å². The van der Waals surface area contributed by atoms with Crippen molar-refractivity contribution in [3.63, 3.8) is 0 Å². The van der Waals surface area contributed by atoms with Crippen molar-refractivity contribution in [2.75, 3.05) is 19.5 Å². The minimum Gasteiger partial charge on any atom is -0.479 e. The normalized spacial score (nSPS) is 21.1. The number of rotatable bonds is 4. The smallest absolute Gasteiger partial charge is 0.331 e. The van der Waals surface area contributed by atoms with Gasteiger partial charge in [0, 0.05) is 19.2 Å². The number of imidazole rings is 1. The first-order valence-electron chi connectivity index (χ1n) is 6.72. The van der Waals surface area contributed by atoms with E-state index >= 15 is 0 Å². The Kier molecular flexibility index (Phi) is 3.79. The van der Waals surface area contributed by atoms with Gasteiger partial charge >= 0.3 is 5.97 Å². The van der Waals surface area contributed by atoms with E-state index in [9.17, 15) is 14.7 Å². The molecule has 0 radical (unpaired) electrons. The van der Waals surface area contributed by atoms with Crippen molar-refractivity contribution in [1.29, 1.82) is 0 Å². The zero-order chi connectivity index (χ0) is 15.7. The maximum absolute atomic E-state index is 12.5. The molecule has 0 spiro atoms. The van der Waals surface area contributed by atoms with Gasteiger partial charge in [0.25, 0.3) is 5.91 Å². The zero-order valence-corrected chi connectivity index (χ0v) is 12.7. The van der Waals surface area contributed by atoms with Gasteiger partial charge in [0.15, 0.2) is 16.4 Å². The number of carboxylic acid groups (broad SMARTS) is 1. The summed E-state index contributed by atoms with van der Waals surface area (Å²) in [6, 6.07) is 5.43. The van der Waals surface area contributed by atoms with Crippen LogP contribution in [0.4, 0.5) is 0 Å². The lowest BCUT2D eigenvalue weighted by Crippen LogP contribution is -2.55. The second-order valence-corrected chi connectivity index (χ2v) is 5.82. The number of nitrogens with zero attached hydrogens (tertiary/aromatic N) is 2. The Morgan fingerprint density at radius 2 is 2.32 bits per heavy atom. The molecule has 8 heteroatoms. The van der Waals surface area contributed by atoms with Gasteiger partial charge in [-0.3, -0.25) is 9.20 Å². The highest BCUT2D eigenvalue weighted by Gasteiger charge is 2.44. The van der Waals surface area contributed by atoms with Crippen molar-refractivity contribution in [3.05, 3.63) is 30.1 Å². The number of hydrogen-bond donors (Lipinski definition) is 2. The molecule has 0 saturated carbocycles. The third-order valence-electron chi connectivity index (χ3n) is 3.70. The summed E-state index contributed by atoms with van der Waals surface area (Å²) in [5.74, 6) is -1.59. The molecule has 22 heavy (non-hydrogen) atoms. The van der Waals surface area contributed by atoms with Crippen LogP contribution in [0.3, 0.4) is 0 Å². The predicted octanol–water partition coefficient (Wildman–Crippen LogP) is 1.03. The van der Waals surface area contributed by atoms with Crippen LogP contribution in [-0.4, -0.2) is 51.4 Å². The van der Waals surface area contributed by atoms with Crippen molar-refractivity contribution in [1.82, 2.24) is 14.7 Å². The molecule has 3 rings (SSSR count). The second kappa shape index (κ2) is 5.62. The summed E-state index contributed by atoms with van der Waals surface area (Å²) < 4.78 is 6.95. The molecule has 1 saturated heterocycles. The molecule has 0 aromatic carbocycles. The number of aromatic nitrogens is 2. The van der Waals surface area contributed by atoms with E-state index in [1.54, 1.807) is 10.5 Å². The van der Waals surface area contributed by atoms with Crippen LogP contribution in [0.15, 0.2) is 29.6 Å². The van der Waals surface area contributed by atoms with Crippen LogP contribution in [-0.2, 0) is 9.53 Å². The van der Waals surface area contributed by atoms with Crippen LogP contribution in [0.2, 0.25) is 0 Å². The fourth-order valence-corrected chi connectivity index (χ4v) is 3.02. The van der Waals surface area contributed by atoms with Gasteiger partial charge in [0.2, 0.25) is 0 Å². The molecule has 2 N–H and O–H groups in total. The molecule has 2 aromatic heterocycles. The van der Waals surface area contributed by atoms with E-state index in [1.165, 1.54) is 11.8 Å². The standard InChI is InChI=1S/C14H15N3O4S/c1-22-13-15-10(9-4-2-3-6-17(9)13)11(18)16-14(12(19)20)5-7-21-8-14/h2-4,6H,5,7-8H2,1H3,(H,16,18)(H,19,20). The molecule has 1 atom stereocenters. The second-order valence-electron chi connectivity index (χ2n) is 5.05. The number of thioether (sulfide) groups is 1. The van der Waals surface area contributed by atoms with Crippen molar-refractivity contribution in [3.8, 4) is 0 Å². The number of carboxylic acids is 1. The van der Waals surface area contributed by atoms with Gasteiger partial charge in [-0.2, -0.15) is 0 Å². The van der Waals surface area contributed by atoms with E-state index in [2.05, 4.69) is 10.3 Å². The molecular formula is C14H15N3O4S. The highest BCUT2D eigenvalue weighted by molar-refractivity contribution is 7.98. The number of carbonyl (C=O) groups is 2. The Morgan fingerprint density at radius 1 is 1.50 bits per heavy atom. The molecule has 1 aliphatic heterocycles. The first-order valence-corrected chi connectivity index (χ1v) is 7.94. The average Bonchev–Trinajstić information content (AvgIpc) is 3.12. The van der Waals surface area contributed by atoms with Crippen LogP contribution in [0.1, 0.15) is 16.9 Å². The quantitative estimate of drug-likeness (QED) is 0.817. The van der Waals surface area contributed by atoms with Crippen LogP contribution in [0.5, 0.6) is 0 Å². The molecule has 116 valence electrons. The molecule has 1 aliphatic rings. The van der Waals surface area contributed by atoms with E-state index in [1.807, 2.05) is 24.6 Å². The van der Waals surface area contributed by atoms with Gasteiger partial charge in [-0.1, -0.05) is 17.8 Å². The van der Waals surface area contributed by atoms with Crippen molar-refractivity contribution >= 4 is 29.2 Å². The SMILES string of the molecule is CSc1nc(C(=O)NC2(C(=O)O)CCOC2)c2ccccn12. The van der Waals surface area contributed by atoms with E-state index in [0.29, 0.717) is 17.3 Å². The number of nitrogens with one attached hydrogen (secondary N) is 1. The summed E-state index contributed by atoms with van der Waals surface area (Å²) in [7, 11) is 0. The highest BCUT2D eigenvalue weighted by atomic mass is 32.2. The zero-order valence-electron chi connectivity index (χ0n) is 11.9. The van der Waals surface area contributed by atoms with Gasteiger partial charge in [-0.15, -0.1) is 0 Å². The Bertz CT molecular complexity index is 737. The van der Waals surface area contributed by atoms with Crippen molar-refractivity contribution in [2.45, 2.75) is 17.1 Å². The molecular weight excluding hydrogens is 306 g/mol. The minimum absolute atomic E-state index is 0.0325. The van der Waals surface area contributed by atoms with E-state index in [0.717, 1.165) is 0 Å². The monoisotopic (exact) mass is 321 g/mol. The number of pyridine rings is 1. The van der Waals surface area contributed by atoms with Gasteiger partial charge in [0.05, 0.1) is 12.1 Å². The Morgan fingerprint density at radius 3 is 2.95 bits per heavy atom. The van der Waals surface area contributed by atoms with Crippen LogP contribution < -0.4 is 5.32 Å². The summed E-state index contributed by atoms with van der Waals surface area (Å²) in [6.07, 6.45) is 3.93. The topological polar surface area (TPSA) is 92.9 Å². The van der Waals surface area contributed by atoms with E-state index in [-0.39, 0.29) is 18.7 Å². The summed E-state index contributed by atoms with van der Waals surface area (Å²) in [4.78, 5) is 28.3. The maximum atomic E-state index is 12.5. The first-order chi connectivity index (χ1) is 10.6. The van der Waals surface area contributed by atoms with E-state index in [4.69, 9.17) is 4.74 Å². The molecule has 1 unspecified atom stereocenters. The van der Waals surface area contributed by atoms with Crippen molar-refractivity contribution < 1.29 is 19.4 Å². The predicted molar refractivity (Wildman–Crippen MR) is 80.2 cm³/mol. The molecule has 0 bridgehead atoms. The molecule has 1 fully saturated rings. The molecule has 2 aromatic rings. The third kappa shape index (κ3) is 2.34. The number of carbonyl (C=O) groups excluding carboxylic acids is 1. The minimum atomic E-state index is -1.37. The number of hydrogen-bond acceptors (Lipinski definition) is 5. The summed E-state index contributed by atoms with van der Waals surface area (Å²) in [6.45, 7) is 0.280. The fourth-order valence-electron chi connectivity index (χ4n) is 2.48. The maximum Gasteiger partial charge on any atom is 0.331 e. The van der Waals surface area contributed by atoms with Gasteiger partial charge < -0.3 is 15.2 Å². The summed E-state index contributed by atoms with van der Waals surface area (Å²) in [5.41, 5.74) is -0.511. The lowest BCUT2D eigenvalue weighted by atomic mass is 9.99. The average molecular weight is 321 g/mol. The third-order valence-corrected chi connectivity index (χ3v) is 4.35. The highest BCUT2D eigenvalue weighted by Crippen LogP contribution is 2.23. The van der Waals surface area contributed by atoms with Gasteiger partial charge in [-0.05, 0) is 18.4 Å². The summed E-state index contributed by atoms with van der Waals surface area (Å²) in [5, 5.41) is 12.7. The lowest BCUT2D eigenvalue weighted by molar-refractivity contribution is -0.144. The fraction of sp³-hybridized carbons (Fsp3) is 0.357. The van der Waals surface area contributed by atoms with E-state index < -0.39 is 17.4 Å². The molecule has 7 nitrogen and oxygen atoms in total. The molecule has 0 aliphatic carbocycles. The Hall–Kier alpha value is -2.06. The number of amides is 1. The first kappa shape index (κ1) is 14.9. The molecule has 1 amide bonds. The van der Waals surface area contributed by atoms with Crippen LogP contribution in [0.25, 0.3) is 5.52 Å². The Balaban J connectivity index is 1.97. The largest absolute Gasteiger partial charge is 0.479 e. The van der Waals surface area contributed by atoms with Crippen LogP contribution >= 0.6 is 11.8 Å². The number of aliphatic carboxylic acids is 1. The number of fused-ring (bicyclic) bond motifs is 1. The molecule has 3 heterocycles.